The molecule has 146 valence electrons. The van der Waals surface area contributed by atoms with Crippen molar-refractivity contribution in [3.8, 4) is 0 Å². The minimum absolute atomic E-state index is 0. The third-order valence-corrected chi connectivity index (χ3v) is 5.72. The van der Waals surface area contributed by atoms with Crippen molar-refractivity contribution in [2.75, 3.05) is 32.7 Å². The molecule has 1 saturated carbocycles. The lowest BCUT2D eigenvalue weighted by Gasteiger charge is -2.35. The number of nitrogens with zero attached hydrogens (tertiary/aromatic N) is 3. The molecule has 1 unspecified atom stereocenters. The van der Waals surface area contributed by atoms with Gasteiger partial charge in [0.05, 0.1) is 12.6 Å². The minimum Gasteiger partial charge on any atom is -0.354 e. The first kappa shape index (κ1) is 19.9. The van der Waals surface area contributed by atoms with E-state index in [9.17, 15) is 4.79 Å². The average Bonchev–Trinajstić information content (AvgIpc) is 3.35. The van der Waals surface area contributed by atoms with E-state index in [1.54, 1.807) is 0 Å². The Bertz CT molecular complexity index is 759. The standard InChI is InChI=1S/C20H27N5O.ClH/c1-24-11-10-22-19(24)17-13-21-9-12-25(17)14-18(26)23-15-20(7-8-20)16-5-3-2-4-6-16;/h2-6,10-11,17,21H,7-9,12-15H2,1H3,(H,23,26);1H. The maximum atomic E-state index is 12.6. The first-order chi connectivity index (χ1) is 12.7. The predicted molar refractivity (Wildman–Crippen MR) is 108 cm³/mol. The van der Waals surface area contributed by atoms with Crippen LogP contribution in [0.1, 0.15) is 30.3 Å². The Morgan fingerprint density at radius 3 is 2.78 bits per heavy atom. The molecule has 1 aromatic heterocycles. The molecule has 1 aliphatic carbocycles. The highest BCUT2D eigenvalue weighted by molar-refractivity contribution is 5.85. The van der Waals surface area contributed by atoms with Gasteiger partial charge >= 0.3 is 0 Å². The van der Waals surface area contributed by atoms with Gasteiger partial charge < -0.3 is 15.2 Å². The Hall–Kier alpha value is -1.89. The molecule has 2 aromatic rings. The van der Waals surface area contributed by atoms with Crippen LogP contribution in [0.2, 0.25) is 0 Å². The van der Waals surface area contributed by atoms with E-state index < -0.39 is 0 Å². The molecule has 1 saturated heterocycles. The smallest absolute Gasteiger partial charge is 0.234 e. The molecule has 27 heavy (non-hydrogen) atoms. The molecule has 4 rings (SSSR count). The summed E-state index contributed by atoms with van der Waals surface area (Å²) in [6, 6.07) is 10.7. The number of piperazine rings is 1. The molecule has 1 atom stereocenters. The number of amides is 1. The lowest BCUT2D eigenvalue weighted by Crippen LogP contribution is -2.50. The van der Waals surface area contributed by atoms with Crippen LogP contribution in [0, 0.1) is 0 Å². The molecule has 0 radical (unpaired) electrons. The van der Waals surface area contributed by atoms with Crippen molar-refractivity contribution in [2.45, 2.75) is 24.3 Å². The number of benzene rings is 1. The van der Waals surface area contributed by atoms with Gasteiger partial charge in [0.1, 0.15) is 5.82 Å². The molecule has 1 aromatic carbocycles. The highest BCUT2D eigenvalue weighted by Crippen LogP contribution is 2.47. The molecule has 7 heteroatoms. The van der Waals surface area contributed by atoms with Crippen LogP contribution in [-0.4, -0.2) is 53.1 Å². The second kappa shape index (κ2) is 8.42. The van der Waals surface area contributed by atoms with Gasteiger partial charge in [0.15, 0.2) is 0 Å². The Balaban J connectivity index is 0.00000210. The first-order valence-electron chi connectivity index (χ1n) is 9.42. The van der Waals surface area contributed by atoms with E-state index in [2.05, 4.69) is 44.8 Å². The van der Waals surface area contributed by atoms with Crippen LogP contribution in [0.15, 0.2) is 42.7 Å². The molecule has 2 fully saturated rings. The second-order valence-corrected chi connectivity index (χ2v) is 7.51. The summed E-state index contributed by atoms with van der Waals surface area (Å²) >= 11 is 0. The van der Waals surface area contributed by atoms with Crippen molar-refractivity contribution >= 4 is 18.3 Å². The fraction of sp³-hybridized carbons (Fsp3) is 0.500. The molecule has 0 spiro atoms. The number of nitrogens with one attached hydrogen (secondary N) is 2. The SMILES string of the molecule is Cl.Cn1ccnc1C1CNCCN1CC(=O)NCC1(c2ccccc2)CC1. The number of rotatable bonds is 6. The van der Waals surface area contributed by atoms with Crippen LogP contribution in [0.5, 0.6) is 0 Å². The van der Waals surface area contributed by atoms with E-state index in [1.165, 1.54) is 5.56 Å². The van der Waals surface area contributed by atoms with Crippen molar-refractivity contribution in [1.29, 1.82) is 0 Å². The number of aromatic nitrogens is 2. The topological polar surface area (TPSA) is 62.2 Å². The summed E-state index contributed by atoms with van der Waals surface area (Å²) in [5.74, 6) is 1.11. The van der Waals surface area contributed by atoms with Crippen molar-refractivity contribution in [2.24, 2.45) is 7.05 Å². The van der Waals surface area contributed by atoms with E-state index in [-0.39, 0.29) is 29.8 Å². The number of hydrogen-bond acceptors (Lipinski definition) is 4. The van der Waals surface area contributed by atoms with Crippen LogP contribution < -0.4 is 10.6 Å². The van der Waals surface area contributed by atoms with Gasteiger partial charge in [0.2, 0.25) is 5.91 Å². The van der Waals surface area contributed by atoms with Gasteiger partial charge in [-0.1, -0.05) is 30.3 Å². The van der Waals surface area contributed by atoms with Gasteiger partial charge in [-0.15, -0.1) is 12.4 Å². The van der Waals surface area contributed by atoms with E-state index in [4.69, 9.17) is 0 Å². The number of hydrogen-bond donors (Lipinski definition) is 2. The average molecular weight is 390 g/mol. The van der Waals surface area contributed by atoms with Gasteiger partial charge in [0.25, 0.3) is 0 Å². The maximum Gasteiger partial charge on any atom is 0.234 e. The largest absolute Gasteiger partial charge is 0.354 e. The monoisotopic (exact) mass is 389 g/mol. The summed E-state index contributed by atoms with van der Waals surface area (Å²) in [5.41, 5.74) is 1.49. The zero-order valence-corrected chi connectivity index (χ0v) is 16.5. The minimum atomic E-state index is 0. The van der Waals surface area contributed by atoms with Gasteiger partial charge in [-0.25, -0.2) is 4.98 Å². The number of aryl methyl sites for hydroxylation is 1. The summed E-state index contributed by atoms with van der Waals surface area (Å²) < 4.78 is 2.04. The fourth-order valence-corrected chi connectivity index (χ4v) is 3.91. The third kappa shape index (κ3) is 4.34. The molecule has 1 amide bonds. The van der Waals surface area contributed by atoms with Crippen molar-refractivity contribution in [3.63, 3.8) is 0 Å². The molecule has 2 aliphatic rings. The van der Waals surface area contributed by atoms with Crippen molar-refractivity contribution in [3.05, 3.63) is 54.1 Å². The number of carbonyl (C=O) groups is 1. The maximum absolute atomic E-state index is 12.6. The third-order valence-electron chi connectivity index (χ3n) is 5.72. The van der Waals surface area contributed by atoms with Crippen molar-refractivity contribution < 1.29 is 4.79 Å². The second-order valence-electron chi connectivity index (χ2n) is 7.51. The highest BCUT2D eigenvalue weighted by atomic mass is 35.5. The van der Waals surface area contributed by atoms with Crippen LogP contribution in [-0.2, 0) is 17.3 Å². The number of carbonyl (C=O) groups excluding carboxylic acids is 1. The summed E-state index contributed by atoms with van der Waals surface area (Å²) in [4.78, 5) is 19.3. The zero-order valence-electron chi connectivity index (χ0n) is 15.7. The first-order valence-corrected chi connectivity index (χ1v) is 9.42. The van der Waals surface area contributed by atoms with Crippen LogP contribution in [0.3, 0.4) is 0 Å². The lowest BCUT2D eigenvalue weighted by atomic mass is 9.96. The fourth-order valence-electron chi connectivity index (χ4n) is 3.91. The predicted octanol–water partition coefficient (Wildman–Crippen LogP) is 1.64. The Morgan fingerprint density at radius 2 is 2.11 bits per heavy atom. The molecule has 0 bridgehead atoms. The normalized spacial score (nSPS) is 21.3. The summed E-state index contributed by atoms with van der Waals surface area (Å²) in [5, 5.41) is 6.60. The van der Waals surface area contributed by atoms with Gasteiger partial charge in [-0.3, -0.25) is 9.69 Å². The van der Waals surface area contributed by atoms with Crippen molar-refractivity contribution in [1.82, 2.24) is 25.1 Å². The van der Waals surface area contributed by atoms with E-state index in [0.717, 1.165) is 44.8 Å². The molecule has 6 nitrogen and oxygen atoms in total. The molecular formula is C20H28ClN5O. The summed E-state index contributed by atoms with van der Waals surface area (Å²) in [6.07, 6.45) is 6.08. The zero-order chi connectivity index (χ0) is 18.0. The van der Waals surface area contributed by atoms with Gasteiger partial charge in [-0.05, 0) is 18.4 Å². The number of halogens is 1. The Morgan fingerprint density at radius 1 is 1.33 bits per heavy atom. The molecule has 2 N–H and O–H groups in total. The van der Waals surface area contributed by atoms with Crippen LogP contribution >= 0.6 is 12.4 Å². The Kier molecular flexibility index (Phi) is 6.19. The summed E-state index contributed by atoms with van der Waals surface area (Å²) in [7, 11) is 2.01. The van der Waals surface area contributed by atoms with E-state index >= 15 is 0 Å². The quantitative estimate of drug-likeness (QED) is 0.788. The molecule has 2 heterocycles. The summed E-state index contributed by atoms with van der Waals surface area (Å²) in [6.45, 7) is 3.74. The van der Waals surface area contributed by atoms with E-state index in [1.807, 2.05) is 30.1 Å². The lowest BCUT2D eigenvalue weighted by molar-refractivity contribution is -0.123. The highest BCUT2D eigenvalue weighted by Gasteiger charge is 2.44. The molecule has 1 aliphatic heterocycles. The van der Waals surface area contributed by atoms with Crippen LogP contribution in [0.25, 0.3) is 0 Å². The number of imidazole rings is 1. The molecular weight excluding hydrogens is 362 g/mol. The van der Waals surface area contributed by atoms with Gasteiger partial charge in [-0.2, -0.15) is 0 Å². The van der Waals surface area contributed by atoms with Gasteiger partial charge in [0, 0.05) is 51.0 Å². The Labute approximate surface area is 166 Å². The van der Waals surface area contributed by atoms with E-state index in [0.29, 0.717) is 6.54 Å². The van der Waals surface area contributed by atoms with Crippen LogP contribution in [0.4, 0.5) is 0 Å².